The Kier molecular flexibility index (Phi) is 8.27. The number of carbonyl (C=O) groups excluding carboxylic acids is 1. The maximum atomic E-state index is 12.3. The molecule has 0 bridgehead atoms. The fourth-order valence-corrected chi connectivity index (χ4v) is 3.60. The van der Waals surface area contributed by atoms with Crippen LogP contribution in [0.4, 0.5) is 0 Å². The van der Waals surface area contributed by atoms with Crippen molar-refractivity contribution in [3.05, 3.63) is 71.3 Å². The number of nitrogens with one attached hydrogen (secondary N) is 2. The maximum absolute atomic E-state index is 12.3. The number of benzene rings is 2. The molecule has 0 radical (unpaired) electrons. The lowest BCUT2D eigenvalue weighted by Crippen LogP contribution is -2.48. The third-order valence-corrected chi connectivity index (χ3v) is 5.19. The van der Waals surface area contributed by atoms with Crippen molar-refractivity contribution in [2.24, 2.45) is 4.99 Å². The van der Waals surface area contributed by atoms with Gasteiger partial charge in [0.2, 0.25) is 5.91 Å². The molecule has 6 nitrogen and oxygen atoms in total. The third-order valence-electron chi connectivity index (χ3n) is 5.19. The number of aliphatic imine (C=N–C) groups is 1. The van der Waals surface area contributed by atoms with Gasteiger partial charge in [-0.1, -0.05) is 54.6 Å². The van der Waals surface area contributed by atoms with Gasteiger partial charge in [-0.25, -0.2) is 4.99 Å². The Morgan fingerprint density at radius 3 is 2.67 bits per heavy atom. The Morgan fingerprint density at radius 1 is 1.13 bits per heavy atom. The third kappa shape index (κ3) is 6.32. The normalized spacial score (nSPS) is 16.9. The van der Waals surface area contributed by atoms with Crippen LogP contribution in [0.5, 0.6) is 0 Å². The zero-order chi connectivity index (χ0) is 21.2. The number of aryl methyl sites for hydroxylation is 1. The van der Waals surface area contributed by atoms with Crippen LogP contribution in [0, 0.1) is 6.92 Å². The quantitative estimate of drug-likeness (QED) is 0.546. The lowest BCUT2D eigenvalue weighted by molar-refractivity contribution is -0.119. The zero-order valence-corrected chi connectivity index (χ0v) is 17.9. The molecule has 1 fully saturated rings. The van der Waals surface area contributed by atoms with E-state index in [0.717, 1.165) is 25.5 Å². The van der Waals surface area contributed by atoms with E-state index in [1.165, 1.54) is 16.7 Å². The second kappa shape index (κ2) is 11.4. The second-order valence-corrected chi connectivity index (χ2v) is 7.42. The smallest absolute Gasteiger partial charge is 0.241 e. The van der Waals surface area contributed by atoms with Gasteiger partial charge in [0.05, 0.1) is 13.2 Å². The summed E-state index contributed by atoms with van der Waals surface area (Å²) in [5.74, 6) is 0.697. The van der Waals surface area contributed by atoms with Gasteiger partial charge in [-0.05, 0) is 37.0 Å². The summed E-state index contributed by atoms with van der Waals surface area (Å²) in [5.41, 5.74) is 3.64. The highest BCUT2D eigenvalue weighted by Crippen LogP contribution is 2.24. The Bertz CT molecular complexity index is 838. The van der Waals surface area contributed by atoms with Crippen LogP contribution >= 0.6 is 0 Å². The number of amides is 1. The zero-order valence-electron chi connectivity index (χ0n) is 17.9. The number of ether oxygens (including phenoxy) is 1. The van der Waals surface area contributed by atoms with E-state index in [-0.39, 0.29) is 18.6 Å². The Morgan fingerprint density at radius 2 is 1.90 bits per heavy atom. The van der Waals surface area contributed by atoms with Crippen LogP contribution < -0.4 is 10.6 Å². The molecule has 0 aliphatic carbocycles. The standard InChI is InChI=1S/C24H32N4O2/c1-3-25-24(27-17-23(29)26-14-13-20-10-5-4-6-11-20)28-15-16-30-22(18-28)21-12-8-7-9-19(21)2/h4-12,22H,3,13-18H2,1-2H3,(H,25,27)(H,26,29). The molecule has 1 amide bonds. The molecule has 0 spiro atoms. The minimum absolute atomic E-state index is 0.00325. The number of rotatable bonds is 7. The molecule has 2 aromatic rings. The van der Waals surface area contributed by atoms with Gasteiger partial charge in [-0.2, -0.15) is 0 Å². The highest BCUT2D eigenvalue weighted by atomic mass is 16.5. The molecule has 2 N–H and O–H groups in total. The van der Waals surface area contributed by atoms with E-state index in [1.54, 1.807) is 0 Å². The van der Waals surface area contributed by atoms with Crippen molar-refractivity contribution in [2.75, 3.05) is 39.3 Å². The van der Waals surface area contributed by atoms with Gasteiger partial charge in [-0.3, -0.25) is 4.79 Å². The molecule has 1 aliphatic heterocycles. The average Bonchev–Trinajstić information content (AvgIpc) is 2.78. The lowest BCUT2D eigenvalue weighted by atomic mass is 10.0. The van der Waals surface area contributed by atoms with Crippen LogP contribution in [0.3, 0.4) is 0 Å². The Hall–Kier alpha value is -2.86. The van der Waals surface area contributed by atoms with Gasteiger partial charge < -0.3 is 20.3 Å². The number of morpholine rings is 1. The van der Waals surface area contributed by atoms with Crippen molar-refractivity contribution >= 4 is 11.9 Å². The minimum atomic E-state index is -0.0648. The summed E-state index contributed by atoms with van der Waals surface area (Å²) in [6.45, 7) is 7.72. The molecule has 1 atom stereocenters. The molecule has 1 saturated heterocycles. The van der Waals surface area contributed by atoms with Crippen molar-refractivity contribution in [3.8, 4) is 0 Å². The van der Waals surface area contributed by atoms with Crippen LogP contribution in [-0.2, 0) is 16.0 Å². The molecule has 0 saturated carbocycles. The molecule has 1 heterocycles. The summed E-state index contributed by atoms with van der Waals surface area (Å²) in [7, 11) is 0. The number of nitrogens with zero attached hydrogens (tertiary/aromatic N) is 2. The average molecular weight is 409 g/mol. The topological polar surface area (TPSA) is 66.0 Å². The molecule has 3 rings (SSSR count). The van der Waals surface area contributed by atoms with E-state index < -0.39 is 0 Å². The van der Waals surface area contributed by atoms with Crippen molar-refractivity contribution in [3.63, 3.8) is 0 Å². The van der Waals surface area contributed by atoms with Gasteiger partial charge in [-0.15, -0.1) is 0 Å². The SMILES string of the molecule is CCNC(=NCC(=O)NCCc1ccccc1)N1CCOC(c2ccccc2C)C1. The molecule has 0 aromatic heterocycles. The first-order valence-electron chi connectivity index (χ1n) is 10.7. The predicted molar refractivity (Wildman–Crippen MR) is 121 cm³/mol. The number of hydrogen-bond acceptors (Lipinski definition) is 3. The number of carbonyl (C=O) groups is 1. The van der Waals surface area contributed by atoms with Crippen LogP contribution in [0.2, 0.25) is 0 Å². The minimum Gasteiger partial charge on any atom is -0.370 e. The van der Waals surface area contributed by atoms with Crippen LogP contribution in [-0.4, -0.2) is 56.1 Å². The van der Waals surface area contributed by atoms with Crippen molar-refractivity contribution in [1.29, 1.82) is 0 Å². The number of hydrogen-bond donors (Lipinski definition) is 2. The fourth-order valence-electron chi connectivity index (χ4n) is 3.60. The summed E-state index contributed by atoms with van der Waals surface area (Å²) in [5, 5.41) is 6.27. The second-order valence-electron chi connectivity index (χ2n) is 7.42. The monoisotopic (exact) mass is 408 g/mol. The van der Waals surface area contributed by atoms with Gasteiger partial charge in [0.1, 0.15) is 12.6 Å². The molecule has 2 aromatic carbocycles. The van der Waals surface area contributed by atoms with Crippen molar-refractivity contribution in [2.45, 2.75) is 26.4 Å². The first-order valence-corrected chi connectivity index (χ1v) is 10.7. The largest absolute Gasteiger partial charge is 0.370 e. The fraction of sp³-hybridized carbons (Fsp3) is 0.417. The first kappa shape index (κ1) is 21.8. The van der Waals surface area contributed by atoms with Gasteiger partial charge in [0.15, 0.2) is 5.96 Å². The van der Waals surface area contributed by atoms with Gasteiger partial charge in [0, 0.05) is 19.6 Å². The number of guanidine groups is 1. The summed E-state index contributed by atoms with van der Waals surface area (Å²) in [6, 6.07) is 18.5. The Balaban J connectivity index is 1.55. The van der Waals surface area contributed by atoms with Gasteiger partial charge >= 0.3 is 0 Å². The van der Waals surface area contributed by atoms with E-state index in [0.29, 0.717) is 19.7 Å². The Labute approximate surface area is 179 Å². The van der Waals surface area contributed by atoms with Gasteiger partial charge in [0.25, 0.3) is 0 Å². The predicted octanol–water partition coefficient (Wildman–Crippen LogP) is 2.69. The summed E-state index contributed by atoms with van der Waals surface area (Å²) in [6.07, 6.45) is 0.821. The molecular weight excluding hydrogens is 376 g/mol. The summed E-state index contributed by atoms with van der Waals surface area (Å²) in [4.78, 5) is 19.0. The van der Waals surface area contributed by atoms with Crippen LogP contribution in [0.25, 0.3) is 0 Å². The molecule has 1 unspecified atom stereocenters. The van der Waals surface area contributed by atoms with E-state index in [1.807, 2.05) is 37.3 Å². The molecule has 160 valence electrons. The van der Waals surface area contributed by atoms with Crippen molar-refractivity contribution in [1.82, 2.24) is 15.5 Å². The highest BCUT2D eigenvalue weighted by Gasteiger charge is 2.25. The first-order chi connectivity index (χ1) is 14.7. The van der Waals surface area contributed by atoms with Crippen LogP contribution in [0.1, 0.15) is 29.7 Å². The summed E-state index contributed by atoms with van der Waals surface area (Å²) >= 11 is 0. The van der Waals surface area contributed by atoms with E-state index in [9.17, 15) is 4.79 Å². The van der Waals surface area contributed by atoms with Crippen LogP contribution in [0.15, 0.2) is 59.6 Å². The van der Waals surface area contributed by atoms with Crippen molar-refractivity contribution < 1.29 is 9.53 Å². The molecule has 6 heteroatoms. The van der Waals surface area contributed by atoms with E-state index in [4.69, 9.17) is 4.74 Å². The molecule has 1 aliphatic rings. The molecule has 30 heavy (non-hydrogen) atoms. The van der Waals surface area contributed by atoms with E-state index >= 15 is 0 Å². The summed E-state index contributed by atoms with van der Waals surface area (Å²) < 4.78 is 6.02. The molecular formula is C24H32N4O2. The highest BCUT2D eigenvalue weighted by molar-refractivity contribution is 5.85. The lowest BCUT2D eigenvalue weighted by Gasteiger charge is -2.35. The maximum Gasteiger partial charge on any atom is 0.241 e. The van der Waals surface area contributed by atoms with E-state index in [2.05, 4.69) is 51.7 Å².